The highest BCUT2D eigenvalue weighted by atomic mass is 32.2. The second-order valence-corrected chi connectivity index (χ2v) is 3.92. The van der Waals surface area contributed by atoms with E-state index in [1.165, 1.54) is 0 Å². The second kappa shape index (κ2) is 4.97. The largest absolute Gasteiger partial charge is 0.254 e. The molecule has 0 bridgehead atoms. The van der Waals surface area contributed by atoms with Gasteiger partial charge in [-0.15, -0.1) is 0 Å². The third-order valence-electron chi connectivity index (χ3n) is 1.71. The third-order valence-corrected chi connectivity index (χ3v) is 3.07. The molecule has 0 fully saturated rings. The number of hydrogen-bond donors (Lipinski definition) is 0. The summed E-state index contributed by atoms with van der Waals surface area (Å²) in [6.45, 7) is 4.00. The molecule has 1 aromatic rings. The van der Waals surface area contributed by atoms with Gasteiger partial charge in [0.1, 0.15) is 0 Å². The van der Waals surface area contributed by atoms with E-state index in [4.69, 9.17) is 0 Å². The fraction of sp³-hybridized carbons (Fsp3) is 0.273. The zero-order valence-corrected chi connectivity index (χ0v) is 8.80. The molecule has 1 unspecified atom stereocenters. The SMILES string of the molecule is CC.O=S1CC=Cc2ccccc21. The van der Waals surface area contributed by atoms with Gasteiger partial charge >= 0.3 is 0 Å². The van der Waals surface area contributed by atoms with Crippen molar-refractivity contribution in [1.29, 1.82) is 0 Å². The first-order valence-corrected chi connectivity index (χ1v) is 5.84. The predicted octanol–water partition coefficient (Wildman–Crippen LogP) is 2.85. The number of fused-ring (bicyclic) bond motifs is 1. The Balaban J connectivity index is 0.000000396. The van der Waals surface area contributed by atoms with Crippen LogP contribution in [-0.2, 0) is 10.8 Å². The molecule has 0 aliphatic carbocycles. The van der Waals surface area contributed by atoms with Crippen LogP contribution >= 0.6 is 0 Å². The molecular weight excluding hydrogens is 180 g/mol. The normalized spacial score (nSPS) is 18.5. The summed E-state index contributed by atoms with van der Waals surface area (Å²) in [5.41, 5.74) is 1.09. The molecule has 0 N–H and O–H groups in total. The zero-order chi connectivity index (χ0) is 9.68. The molecule has 0 amide bonds. The standard InChI is InChI=1S/C9H8OS.C2H6/c10-11-7-3-5-8-4-1-2-6-9(8)11;1-2/h1-6H,7H2;1-2H3. The molecule has 0 saturated carbocycles. The molecule has 1 aliphatic rings. The van der Waals surface area contributed by atoms with Crippen molar-refractivity contribution in [2.75, 3.05) is 5.75 Å². The summed E-state index contributed by atoms with van der Waals surface area (Å²) in [5.74, 6) is 0.664. The summed E-state index contributed by atoms with van der Waals surface area (Å²) in [7, 11) is -0.802. The molecule has 0 aromatic heterocycles. The van der Waals surface area contributed by atoms with Crippen LogP contribution in [0.3, 0.4) is 0 Å². The lowest BCUT2D eigenvalue weighted by Crippen LogP contribution is -2.01. The fourth-order valence-electron chi connectivity index (χ4n) is 1.18. The lowest BCUT2D eigenvalue weighted by Gasteiger charge is -2.07. The third kappa shape index (κ3) is 2.28. The number of rotatable bonds is 0. The van der Waals surface area contributed by atoms with Gasteiger partial charge < -0.3 is 0 Å². The maximum atomic E-state index is 11.3. The lowest BCUT2D eigenvalue weighted by molar-refractivity contribution is 0.684. The van der Waals surface area contributed by atoms with Crippen LogP contribution in [0.25, 0.3) is 6.08 Å². The first-order valence-electron chi connectivity index (χ1n) is 4.52. The quantitative estimate of drug-likeness (QED) is 0.620. The fourth-order valence-corrected chi connectivity index (χ4v) is 2.26. The maximum Gasteiger partial charge on any atom is 0.0574 e. The van der Waals surface area contributed by atoms with Gasteiger partial charge in [-0.3, -0.25) is 4.21 Å². The molecule has 2 rings (SSSR count). The van der Waals surface area contributed by atoms with Crippen molar-refractivity contribution in [3.05, 3.63) is 35.9 Å². The predicted molar refractivity (Wildman–Crippen MR) is 58.1 cm³/mol. The van der Waals surface area contributed by atoms with Gasteiger partial charge in [-0.1, -0.05) is 44.2 Å². The molecule has 0 spiro atoms. The molecule has 13 heavy (non-hydrogen) atoms. The molecule has 1 heterocycles. The maximum absolute atomic E-state index is 11.3. The average Bonchev–Trinajstić information content (AvgIpc) is 2.22. The summed E-state index contributed by atoms with van der Waals surface area (Å²) in [4.78, 5) is 0.968. The minimum Gasteiger partial charge on any atom is -0.254 e. The van der Waals surface area contributed by atoms with Gasteiger partial charge in [-0.2, -0.15) is 0 Å². The second-order valence-electron chi connectivity index (χ2n) is 2.45. The minimum atomic E-state index is -0.802. The van der Waals surface area contributed by atoms with E-state index in [1.807, 2.05) is 50.3 Å². The monoisotopic (exact) mass is 194 g/mol. The lowest BCUT2D eigenvalue weighted by atomic mass is 10.2. The summed E-state index contributed by atoms with van der Waals surface area (Å²) >= 11 is 0. The Labute approximate surface area is 81.9 Å². The van der Waals surface area contributed by atoms with Crippen LogP contribution in [0.1, 0.15) is 19.4 Å². The highest BCUT2D eigenvalue weighted by Gasteiger charge is 2.08. The van der Waals surface area contributed by atoms with Crippen LogP contribution in [0.15, 0.2) is 35.2 Å². The van der Waals surface area contributed by atoms with E-state index < -0.39 is 10.8 Å². The molecule has 1 aromatic carbocycles. The number of benzene rings is 1. The van der Waals surface area contributed by atoms with E-state index in [-0.39, 0.29) is 0 Å². The highest BCUT2D eigenvalue weighted by molar-refractivity contribution is 7.85. The van der Waals surface area contributed by atoms with Crippen molar-refractivity contribution in [3.63, 3.8) is 0 Å². The Kier molecular flexibility index (Phi) is 3.90. The number of hydrogen-bond acceptors (Lipinski definition) is 1. The molecule has 0 radical (unpaired) electrons. The van der Waals surface area contributed by atoms with Crippen LogP contribution in [0.5, 0.6) is 0 Å². The van der Waals surface area contributed by atoms with Crippen molar-refractivity contribution in [1.82, 2.24) is 0 Å². The molecule has 1 aliphatic heterocycles. The average molecular weight is 194 g/mol. The molecule has 1 nitrogen and oxygen atoms in total. The summed E-state index contributed by atoms with van der Waals surface area (Å²) in [6, 6.07) is 7.80. The van der Waals surface area contributed by atoms with E-state index in [0.29, 0.717) is 5.75 Å². The van der Waals surface area contributed by atoms with Gasteiger partial charge in [0.2, 0.25) is 0 Å². The van der Waals surface area contributed by atoms with E-state index in [2.05, 4.69) is 0 Å². The van der Waals surface area contributed by atoms with E-state index in [0.717, 1.165) is 10.5 Å². The first kappa shape index (κ1) is 10.2. The van der Waals surface area contributed by atoms with Crippen LogP contribution in [0.2, 0.25) is 0 Å². The Hall–Kier alpha value is -0.890. The van der Waals surface area contributed by atoms with Crippen LogP contribution in [-0.4, -0.2) is 9.96 Å². The van der Waals surface area contributed by atoms with Gasteiger partial charge in [-0.05, 0) is 11.6 Å². The van der Waals surface area contributed by atoms with Crippen molar-refractivity contribution in [2.24, 2.45) is 0 Å². The van der Waals surface area contributed by atoms with Crippen molar-refractivity contribution in [2.45, 2.75) is 18.7 Å². The summed E-state index contributed by atoms with van der Waals surface area (Å²) in [5, 5.41) is 0. The molecule has 2 heteroatoms. The van der Waals surface area contributed by atoms with Crippen molar-refractivity contribution < 1.29 is 4.21 Å². The Morgan fingerprint density at radius 1 is 1.23 bits per heavy atom. The zero-order valence-electron chi connectivity index (χ0n) is 7.99. The Morgan fingerprint density at radius 2 is 1.92 bits per heavy atom. The van der Waals surface area contributed by atoms with Gasteiger partial charge in [0.25, 0.3) is 0 Å². The summed E-state index contributed by atoms with van der Waals surface area (Å²) in [6.07, 6.45) is 3.98. The van der Waals surface area contributed by atoms with Gasteiger partial charge in [0.15, 0.2) is 0 Å². The summed E-state index contributed by atoms with van der Waals surface area (Å²) < 4.78 is 11.3. The van der Waals surface area contributed by atoms with Crippen molar-refractivity contribution >= 4 is 16.9 Å². The van der Waals surface area contributed by atoms with E-state index in [9.17, 15) is 4.21 Å². The minimum absolute atomic E-state index is 0.664. The van der Waals surface area contributed by atoms with Crippen LogP contribution in [0.4, 0.5) is 0 Å². The molecule has 70 valence electrons. The van der Waals surface area contributed by atoms with Crippen molar-refractivity contribution in [3.8, 4) is 0 Å². The van der Waals surface area contributed by atoms with Crippen LogP contribution in [0, 0.1) is 0 Å². The molecule has 1 atom stereocenters. The van der Waals surface area contributed by atoms with Crippen LogP contribution < -0.4 is 0 Å². The smallest absolute Gasteiger partial charge is 0.0574 e. The topological polar surface area (TPSA) is 17.1 Å². The molecule has 0 saturated heterocycles. The Morgan fingerprint density at radius 3 is 2.62 bits per heavy atom. The van der Waals surface area contributed by atoms with Gasteiger partial charge in [0.05, 0.1) is 10.8 Å². The highest BCUT2D eigenvalue weighted by Crippen LogP contribution is 2.19. The van der Waals surface area contributed by atoms with Gasteiger partial charge in [-0.25, -0.2) is 0 Å². The van der Waals surface area contributed by atoms with E-state index in [1.54, 1.807) is 0 Å². The molecular formula is C11H14OS. The Bertz CT molecular complexity index is 329. The van der Waals surface area contributed by atoms with Gasteiger partial charge in [0, 0.05) is 10.6 Å². The van der Waals surface area contributed by atoms with E-state index >= 15 is 0 Å². The first-order chi connectivity index (χ1) is 6.38.